The molecule has 1 aromatic carbocycles. The van der Waals surface area contributed by atoms with Crippen molar-refractivity contribution in [2.75, 3.05) is 6.54 Å². The van der Waals surface area contributed by atoms with E-state index in [9.17, 15) is 4.79 Å². The monoisotopic (exact) mass is 261 g/mol. The molecule has 1 aliphatic rings. The predicted molar refractivity (Wildman–Crippen MR) is 76.4 cm³/mol. The first-order valence-electron chi connectivity index (χ1n) is 7.08. The van der Waals surface area contributed by atoms with E-state index >= 15 is 0 Å². The fourth-order valence-electron chi connectivity index (χ4n) is 2.81. The summed E-state index contributed by atoms with van der Waals surface area (Å²) < 4.78 is 0. The second kappa shape index (κ2) is 6.68. The zero-order valence-electron chi connectivity index (χ0n) is 11.6. The Labute approximate surface area is 114 Å². The molecule has 2 rings (SSSR count). The number of hydrazine groups is 1. The average molecular weight is 261 g/mol. The number of hydrogen-bond donors (Lipinski definition) is 2. The highest BCUT2D eigenvalue weighted by Crippen LogP contribution is 2.21. The molecule has 3 N–H and O–H groups in total. The van der Waals surface area contributed by atoms with E-state index in [1.54, 1.807) is 0 Å². The maximum absolute atomic E-state index is 11.4. The molecule has 4 nitrogen and oxygen atoms in total. The molecule has 0 saturated carbocycles. The van der Waals surface area contributed by atoms with Crippen molar-refractivity contribution in [1.29, 1.82) is 0 Å². The number of carbonyl (C=O) groups is 1. The zero-order valence-corrected chi connectivity index (χ0v) is 11.6. The van der Waals surface area contributed by atoms with Crippen LogP contribution in [0, 0.1) is 0 Å². The van der Waals surface area contributed by atoms with Crippen molar-refractivity contribution in [3.05, 3.63) is 35.4 Å². The minimum absolute atomic E-state index is 0.240. The van der Waals surface area contributed by atoms with Crippen LogP contribution >= 0.6 is 0 Å². The normalized spacial score (nSPS) is 20.2. The minimum atomic E-state index is -0.240. The second-order valence-electron chi connectivity index (χ2n) is 5.20. The number of rotatable bonds is 4. The van der Waals surface area contributed by atoms with Gasteiger partial charge >= 0.3 is 0 Å². The highest BCUT2D eigenvalue weighted by Gasteiger charge is 2.20. The first kappa shape index (κ1) is 14.0. The molecule has 104 valence electrons. The number of piperidine rings is 1. The van der Waals surface area contributed by atoms with Gasteiger partial charge < -0.3 is 0 Å². The van der Waals surface area contributed by atoms with E-state index in [4.69, 9.17) is 5.84 Å². The fourth-order valence-corrected chi connectivity index (χ4v) is 2.81. The van der Waals surface area contributed by atoms with Crippen LogP contribution in [-0.4, -0.2) is 23.4 Å². The van der Waals surface area contributed by atoms with Gasteiger partial charge in [-0.1, -0.05) is 25.5 Å². The van der Waals surface area contributed by atoms with Crippen LogP contribution in [0.15, 0.2) is 24.3 Å². The molecule has 0 spiro atoms. The van der Waals surface area contributed by atoms with Crippen LogP contribution in [0.4, 0.5) is 0 Å². The third-order valence-corrected chi connectivity index (χ3v) is 3.95. The number of hydrogen-bond acceptors (Lipinski definition) is 3. The third-order valence-electron chi connectivity index (χ3n) is 3.95. The van der Waals surface area contributed by atoms with Crippen LogP contribution < -0.4 is 11.3 Å². The second-order valence-corrected chi connectivity index (χ2v) is 5.20. The van der Waals surface area contributed by atoms with Crippen LogP contribution in [0.2, 0.25) is 0 Å². The van der Waals surface area contributed by atoms with Crippen molar-refractivity contribution >= 4 is 5.91 Å². The van der Waals surface area contributed by atoms with E-state index in [1.807, 2.05) is 24.3 Å². The molecule has 1 saturated heterocycles. The Hall–Kier alpha value is -1.39. The zero-order chi connectivity index (χ0) is 13.7. The molecule has 1 aromatic rings. The highest BCUT2D eigenvalue weighted by atomic mass is 16.2. The maximum Gasteiger partial charge on any atom is 0.265 e. The molecule has 0 aliphatic carbocycles. The summed E-state index contributed by atoms with van der Waals surface area (Å²) in [4.78, 5) is 13.9. The van der Waals surface area contributed by atoms with Gasteiger partial charge in [-0.2, -0.15) is 0 Å². The predicted octanol–water partition coefficient (Wildman–Crippen LogP) is 2.05. The largest absolute Gasteiger partial charge is 0.296 e. The summed E-state index contributed by atoms with van der Waals surface area (Å²) in [6.45, 7) is 4.42. The lowest BCUT2D eigenvalue weighted by molar-refractivity contribution is 0.0953. The van der Waals surface area contributed by atoms with Gasteiger partial charge in [0.05, 0.1) is 0 Å². The lowest BCUT2D eigenvalue weighted by Crippen LogP contribution is -2.38. The standard InChI is InChI=1S/C15H23N3O/c1-2-14-5-3-4-10-18(14)11-12-6-8-13(9-7-12)15(19)17-16/h6-9,14H,2-5,10-11,16H2,1H3,(H,17,19). The van der Waals surface area contributed by atoms with Crippen LogP contribution in [0.25, 0.3) is 0 Å². The van der Waals surface area contributed by atoms with Gasteiger partial charge in [0.2, 0.25) is 0 Å². The fraction of sp³-hybridized carbons (Fsp3) is 0.533. The van der Waals surface area contributed by atoms with E-state index in [0.717, 1.165) is 6.54 Å². The summed E-state index contributed by atoms with van der Waals surface area (Å²) in [6.07, 6.45) is 5.17. The van der Waals surface area contributed by atoms with Gasteiger partial charge in [0, 0.05) is 18.2 Å². The number of nitrogen functional groups attached to an aromatic ring is 1. The average Bonchev–Trinajstić information content (AvgIpc) is 2.48. The molecule has 1 unspecified atom stereocenters. The number of nitrogens with zero attached hydrogens (tertiary/aromatic N) is 1. The van der Waals surface area contributed by atoms with Crippen LogP contribution in [0.1, 0.15) is 48.5 Å². The van der Waals surface area contributed by atoms with Crippen LogP contribution in [0.3, 0.4) is 0 Å². The SMILES string of the molecule is CCC1CCCCN1Cc1ccc(C(=O)NN)cc1. The number of benzene rings is 1. The molecular formula is C15H23N3O. The van der Waals surface area contributed by atoms with E-state index in [2.05, 4.69) is 17.2 Å². The molecule has 19 heavy (non-hydrogen) atoms. The van der Waals surface area contributed by atoms with Gasteiger partial charge in [-0.3, -0.25) is 15.1 Å². The number of amides is 1. The molecule has 1 amide bonds. The third kappa shape index (κ3) is 3.55. The highest BCUT2D eigenvalue weighted by molar-refractivity contribution is 5.93. The number of likely N-dealkylation sites (tertiary alicyclic amines) is 1. The molecule has 1 atom stereocenters. The summed E-state index contributed by atoms with van der Waals surface area (Å²) in [6, 6.07) is 8.42. The first-order chi connectivity index (χ1) is 9.24. The molecule has 0 radical (unpaired) electrons. The molecule has 1 aliphatic heterocycles. The number of nitrogens with one attached hydrogen (secondary N) is 1. The van der Waals surface area contributed by atoms with E-state index in [-0.39, 0.29) is 5.91 Å². The summed E-state index contributed by atoms with van der Waals surface area (Å²) in [7, 11) is 0. The Balaban J connectivity index is 2.00. The Morgan fingerprint density at radius 1 is 1.37 bits per heavy atom. The van der Waals surface area contributed by atoms with Crippen molar-refractivity contribution in [3.63, 3.8) is 0 Å². The van der Waals surface area contributed by atoms with Gasteiger partial charge in [-0.25, -0.2) is 5.84 Å². The molecular weight excluding hydrogens is 238 g/mol. The van der Waals surface area contributed by atoms with Crippen molar-refractivity contribution < 1.29 is 4.79 Å². The molecule has 0 aromatic heterocycles. The lowest BCUT2D eigenvalue weighted by atomic mass is 9.99. The summed E-state index contributed by atoms with van der Waals surface area (Å²) in [5.41, 5.74) is 4.02. The van der Waals surface area contributed by atoms with Crippen molar-refractivity contribution in [1.82, 2.24) is 10.3 Å². The van der Waals surface area contributed by atoms with E-state index in [1.165, 1.54) is 37.8 Å². The molecule has 0 bridgehead atoms. The van der Waals surface area contributed by atoms with E-state index < -0.39 is 0 Å². The van der Waals surface area contributed by atoms with Crippen molar-refractivity contribution in [3.8, 4) is 0 Å². The lowest BCUT2D eigenvalue weighted by Gasteiger charge is -2.35. The van der Waals surface area contributed by atoms with Crippen molar-refractivity contribution in [2.24, 2.45) is 5.84 Å². The molecule has 1 fully saturated rings. The van der Waals surface area contributed by atoms with Gasteiger partial charge in [0.1, 0.15) is 0 Å². The van der Waals surface area contributed by atoms with Gasteiger partial charge in [0.25, 0.3) is 5.91 Å². The smallest absolute Gasteiger partial charge is 0.265 e. The minimum Gasteiger partial charge on any atom is -0.296 e. The van der Waals surface area contributed by atoms with Gasteiger partial charge in [-0.15, -0.1) is 0 Å². The number of nitrogens with two attached hydrogens (primary N) is 1. The summed E-state index contributed by atoms with van der Waals surface area (Å²) in [5, 5.41) is 0. The number of carbonyl (C=O) groups excluding carboxylic acids is 1. The maximum atomic E-state index is 11.4. The quantitative estimate of drug-likeness (QED) is 0.495. The Bertz CT molecular complexity index is 416. The topological polar surface area (TPSA) is 58.4 Å². The van der Waals surface area contributed by atoms with Crippen LogP contribution in [0.5, 0.6) is 0 Å². The van der Waals surface area contributed by atoms with Crippen molar-refractivity contribution in [2.45, 2.75) is 45.2 Å². The molecule has 1 heterocycles. The molecule has 4 heteroatoms. The van der Waals surface area contributed by atoms with E-state index in [0.29, 0.717) is 11.6 Å². The Morgan fingerprint density at radius 3 is 2.74 bits per heavy atom. The summed E-state index contributed by atoms with van der Waals surface area (Å²) in [5.74, 6) is 4.88. The Morgan fingerprint density at radius 2 is 2.11 bits per heavy atom. The summed E-state index contributed by atoms with van der Waals surface area (Å²) >= 11 is 0. The van der Waals surface area contributed by atoms with Crippen LogP contribution in [-0.2, 0) is 6.54 Å². The van der Waals surface area contributed by atoms with Gasteiger partial charge in [0.15, 0.2) is 0 Å². The Kier molecular flexibility index (Phi) is 4.93. The first-order valence-corrected chi connectivity index (χ1v) is 7.08. The van der Waals surface area contributed by atoms with Gasteiger partial charge in [-0.05, 0) is 43.5 Å².